The number of hydrogen-bond donors (Lipinski definition) is 2. The van der Waals surface area contributed by atoms with Crippen LogP contribution >= 0.6 is 0 Å². The molecule has 0 bridgehead atoms. The molecule has 21 heavy (non-hydrogen) atoms. The van der Waals surface area contributed by atoms with Gasteiger partial charge in [-0.1, -0.05) is 26.0 Å². The van der Waals surface area contributed by atoms with E-state index in [-0.39, 0.29) is 18.6 Å². The number of ether oxygens (including phenoxy) is 1. The molecular formula is C17H28N2O2. The van der Waals surface area contributed by atoms with E-state index < -0.39 is 0 Å². The summed E-state index contributed by atoms with van der Waals surface area (Å²) in [5.74, 6) is 0.633. The Bertz CT molecular complexity index is 415. The topological polar surface area (TPSA) is 50.4 Å². The first-order valence-corrected chi connectivity index (χ1v) is 7.82. The summed E-state index contributed by atoms with van der Waals surface area (Å²) >= 11 is 0. The third-order valence-electron chi connectivity index (χ3n) is 3.15. The van der Waals surface area contributed by atoms with E-state index in [0.717, 1.165) is 25.1 Å². The fourth-order valence-corrected chi connectivity index (χ4v) is 2.13. The number of carbonyl (C=O) groups is 1. The molecule has 0 saturated heterocycles. The molecule has 0 heterocycles. The van der Waals surface area contributed by atoms with E-state index in [9.17, 15) is 4.79 Å². The summed E-state index contributed by atoms with van der Waals surface area (Å²) in [5.41, 5.74) is 1.25. The van der Waals surface area contributed by atoms with E-state index >= 15 is 0 Å². The lowest BCUT2D eigenvalue weighted by atomic mass is 10.0. The van der Waals surface area contributed by atoms with Crippen LogP contribution in [0.15, 0.2) is 24.3 Å². The van der Waals surface area contributed by atoms with Crippen molar-refractivity contribution in [2.45, 2.75) is 52.6 Å². The van der Waals surface area contributed by atoms with Gasteiger partial charge in [0.15, 0.2) is 6.61 Å². The summed E-state index contributed by atoms with van der Waals surface area (Å²) in [7, 11) is 0. The fraction of sp³-hybridized carbons (Fsp3) is 0.588. The first kappa shape index (κ1) is 17.5. The van der Waals surface area contributed by atoms with Crippen molar-refractivity contribution in [3.8, 4) is 5.75 Å². The molecule has 1 amide bonds. The predicted molar refractivity (Wildman–Crippen MR) is 86.5 cm³/mol. The van der Waals surface area contributed by atoms with Crippen LogP contribution in [0.4, 0.5) is 0 Å². The molecule has 0 aromatic heterocycles. The van der Waals surface area contributed by atoms with Gasteiger partial charge < -0.3 is 15.4 Å². The number of hydrogen-bond acceptors (Lipinski definition) is 3. The Hall–Kier alpha value is -1.55. The van der Waals surface area contributed by atoms with Gasteiger partial charge in [-0.05, 0) is 50.9 Å². The van der Waals surface area contributed by atoms with Crippen molar-refractivity contribution in [2.24, 2.45) is 0 Å². The molecule has 1 unspecified atom stereocenters. The Labute approximate surface area is 128 Å². The maximum Gasteiger partial charge on any atom is 0.258 e. The lowest BCUT2D eigenvalue weighted by Gasteiger charge is -2.17. The molecule has 0 radical (unpaired) electrons. The van der Waals surface area contributed by atoms with Gasteiger partial charge >= 0.3 is 0 Å². The number of carbonyl (C=O) groups excluding carboxylic acids is 1. The molecule has 1 aromatic carbocycles. The second-order valence-corrected chi connectivity index (χ2v) is 5.49. The third-order valence-corrected chi connectivity index (χ3v) is 3.15. The Kier molecular flexibility index (Phi) is 7.83. The molecule has 1 rings (SSSR count). The van der Waals surface area contributed by atoms with Crippen LogP contribution in [0, 0.1) is 0 Å². The maximum atomic E-state index is 11.5. The van der Waals surface area contributed by atoms with E-state index in [1.165, 1.54) is 5.56 Å². The minimum absolute atomic E-state index is 0.0584. The van der Waals surface area contributed by atoms with Crippen LogP contribution in [0.1, 0.15) is 52.1 Å². The summed E-state index contributed by atoms with van der Waals surface area (Å²) in [6.45, 7) is 9.28. The first-order valence-electron chi connectivity index (χ1n) is 7.82. The van der Waals surface area contributed by atoms with Crippen molar-refractivity contribution >= 4 is 5.91 Å². The summed E-state index contributed by atoms with van der Waals surface area (Å²) < 4.78 is 5.49. The van der Waals surface area contributed by atoms with Crippen LogP contribution < -0.4 is 15.4 Å². The van der Waals surface area contributed by atoms with Crippen LogP contribution in [0.5, 0.6) is 5.75 Å². The minimum Gasteiger partial charge on any atom is -0.484 e. The van der Waals surface area contributed by atoms with E-state index in [2.05, 4.69) is 36.6 Å². The second kappa shape index (κ2) is 9.40. The van der Waals surface area contributed by atoms with E-state index in [1.807, 2.05) is 26.0 Å². The highest BCUT2D eigenvalue weighted by atomic mass is 16.5. The molecule has 0 aliphatic rings. The first-order chi connectivity index (χ1) is 10.1. The largest absolute Gasteiger partial charge is 0.484 e. The van der Waals surface area contributed by atoms with Gasteiger partial charge in [-0.15, -0.1) is 0 Å². The molecule has 0 fully saturated rings. The third kappa shape index (κ3) is 6.63. The van der Waals surface area contributed by atoms with Crippen molar-refractivity contribution < 1.29 is 9.53 Å². The Morgan fingerprint density at radius 3 is 2.38 bits per heavy atom. The molecule has 118 valence electrons. The van der Waals surface area contributed by atoms with Gasteiger partial charge in [-0.3, -0.25) is 4.79 Å². The van der Waals surface area contributed by atoms with E-state index in [1.54, 1.807) is 0 Å². The average Bonchev–Trinajstić information content (AvgIpc) is 2.46. The molecule has 0 aliphatic carbocycles. The average molecular weight is 292 g/mol. The van der Waals surface area contributed by atoms with Crippen molar-refractivity contribution in [3.05, 3.63) is 29.8 Å². The van der Waals surface area contributed by atoms with Gasteiger partial charge in [0.1, 0.15) is 5.75 Å². The van der Waals surface area contributed by atoms with Crippen LogP contribution in [-0.4, -0.2) is 25.1 Å². The van der Waals surface area contributed by atoms with Gasteiger partial charge in [0, 0.05) is 12.1 Å². The normalized spacial score (nSPS) is 12.2. The van der Waals surface area contributed by atoms with Gasteiger partial charge in [0.25, 0.3) is 5.91 Å². The zero-order valence-corrected chi connectivity index (χ0v) is 13.6. The summed E-state index contributed by atoms with van der Waals surface area (Å²) in [5, 5.41) is 6.32. The second-order valence-electron chi connectivity index (χ2n) is 5.49. The Morgan fingerprint density at radius 1 is 1.19 bits per heavy atom. The van der Waals surface area contributed by atoms with Crippen molar-refractivity contribution in [1.82, 2.24) is 10.6 Å². The van der Waals surface area contributed by atoms with Gasteiger partial charge in [-0.2, -0.15) is 0 Å². The smallest absolute Gasteiger partial charge is 0.258 e. The van der Waals surface area contributed by atoms with Crippen LogP contribution in [0.25, 0.3) is 0 Å². The number of nitrogens with one attached hydrogen (secondary N) is 2. The standard InChI is InChI=1S/C17H28N2O2/c1-5-11-18-16(6-2)14-7-9-15(10-8-14)21-12-17(20)19-13(3)4/h7-10,13,16,18H,5-6,11-12H2,1-4H3,(H,19,20). The number of benzene rings is 1. The zero-order valence-electron chi connectivity index (χ0n) is 13.6. The highest BCUT2D eigenvalue weighted by molar-refractivity contribution is 5.77. The Morgan fingerprint density at radius 2 is 1.86 bits per heavy atom. The lowest BCUT2D eigenvalue weighted by molar-refractivity contribution is -0.123. The molecule has 0 saturated carbocycles. The van der Waals surface area contributed by atoms with Crippen molar-refractivity contribution in [1.29, 1.82) is 0 Å². The van der Waals surface area contributed by atoms with E-state index in [0.29, 0.717) is 6.04 Å². The van der Waals surface area contributed by atoms with Crippen molar-refractivity contribution in [3.63, 3.8) is 0 Å². The fourth-order valence-electron chi connectivity index (χ4n) is 2.13. The lowest BCUT2D eigenvalue weighted by Crippen LogP contribution is -2.34. The number of amides is 1. The molecule has 2 N–H and O–H groups in total. The minimum atomic E-state index is -0.0925. The van der Waals surface area contributed by atoms with Gasteiger partial charge in [0.2, 0.25) is 0 Å². The summed E-state index contributed by atoms with van der Waals surface area (Å²) in [6, 6.07) is 8.49. The zero-order chi connectivity index (χ0) is 15.7. The molecule has 1 aromatic rings. The molecule has 0 spiro atoms. The quantitative estimate of drug-likeness (QED) is 0.735. The SMILES string of the molecule is CCCNC(CC)c1ccc(OCC(=O)NC(C)C)cc1. The molecular weight excluding hydrogens is 264 g/mol. The summed E-state index contributed by atoms with van der Waals surface area (Å²) in [6.07, 6.45) is 2.18. The van der Waals surface area contributed by atoms with Crippen LogP contribution in [-0.2, 0) is 4.79 Å². The predicted octanol–water partition coefficient (Wildman–Crippen LogP) is 3.04. The molecule has 1 atom stereocenters. The number of rotatable bonds is 9. The van der Waals surface area contributed by atoms with Gasteiger partial charge in [-0.25, -0.2) is 0 Å². The Balaban J connectivity index is 2.51. The maximum absolute atomic E-state index is 11.5. The highest BCUT2D eigenvalue weighted by Gasteiger charge is 2.08. The van der Waals surface area contributed by atoms with E-state index in [4.69, 9.17) is 4.74 Å². The summed E-state index contributed by atoms with van der Waals surface area (Å²) in [4.78, 5) is 11.5. The van der Waals surface area contributed by atoms with Gasteiger partial charge in [0.05, 0.1) is 0 Å². The molecule has 0 aliphatic heterocycles. The monoisotopic (exact) mass is 292 g/mol. The molecule has 4 heteroatoms. The molecule has 4 nitrogen and oxygen atoms in total. The van der Waals surface area contributed by atoms with Crippen molar-refractivity contribution in [2.75, 3.05) is 13.2 Å². The highest BCUT2D eigenvalue weighted by Crippen LogP contribution is 2.20. The van der Waals surface area contributed by atoms with Crippen LogP contribution in [0.3, 0.4) is 0 Å². The van der Waals surface area contributed by atoms with Crippen LogP contribution in [0.2, 0.25) is 0 Å².